The summed E-state index contributed by atoms with van der Waals surface area (Å²) in [6, 6.07) is 5.17. The highest BCUT2D eigenvalue weighted by molar-refractivity contribution is 7.90. The van der Waals surface area contributed by atoms with Crippen LogP contribution in [-0.4, -0.2) is 63.4 Å². The molecule has 0 bridgehead atoms. The third-order valence-corrected chi connectivity index (χ3v) is 7.38. The second-order valence-corrected chi connectivity index (χ2v) is 9.77. The Hall–Kier alpha value is -1.64. The SMILES string of the molecule is COC[C@H]1[C@@H](NS(=O)(=O)C2CC2)CCCN1C(=O)COc1ccc(C)cc1C. The van der Waals surface area contributed by atoms with Crippen molar-refractivity contribution in [3.8, 4) is 5.75 Å². The third kappa shape index (κ3) is 5.04. The highest BCUT2D eigenvalue weighted by atomic mass is 32.2. The zero-order chi connectivity index (χ0) is 20.3. The summed E-state index contributed by atoms with van der Waals surface area (Å²) in [5.74, 6) is 0.530. The first kappa shape index (κ1) is 21.1. The summed E-state index contributed by atoms with van der Waals surface area (Å²) in [4.78, 5) is 14.6. The molecule has 0 spiro atoms. The largest absolute Gasteiger partial charge is 0.484 e. The molecule has 3 rings (SSSR count). The molecule has 0 unspecified atom stereocenters. The molecule has 1 saturated carbocycles. The lowest BCUT2D eigenvalue weighted by atomic mass is 9.97. The van der Waals surface area contributed by atoms with Crippen LogP contribution in [-0.2, 0) is 19.6 Å². The number of ether oxygens (including phenoxy) is 2. The Morgan fingerprint density at radius 2 is 2.00 bits per heavy atom. The van der Waals surface area contributed by atoms with Gasteiger partial charge in [-0.25, -0.2) is 13.1 Å². The van der Waals surface area contributed by atoms with Gasteiger partial charge in [0.1, 0.15) is 5.75 Å². The monoisotopic (exact) mass is 410 g/mol. The Labute approximate surface area is 167 Å². The molecule has 1 aliphatic carbocycles. The van der Waals surface area contributed by atoms with Gasteiger partial charge in [-0.1, -0.05) is 17.7 Å². The average Bonchev–Trinajstić information content (AvgIpc) is 3.48. The number of rotatable bonds is 8. The second kappa shape index (κ2) is 8.80. The molecule has 28 heavy (non-hydrogen) atoms. The van der Waals surface area contributed by atoms with Gasteiger partial charge in [-0.3, -0.25) is 4.79 Å². The fourth-order valence-electron chi connectivity index (χ4n) is 3.75. The summed E-state index contributed by atoms with van der Waals surface area (Å²) in [6.07, 6.45) is 2.86. The predicted molar refractivity (Wildman–Crippen MR) is 107 cm³/mol. The molecule has 1 aromatic rings. The van der Waals surface area contributed by atoms with E-state index in [9.17, 15) is 13.2 Å². The number of carbonyl (C=O) groups excluding carboxylic acids is 1. The zero-order valence-corrected chi connectivity index (χ0v) is 17.6. The highest BCUT2D eigenvalue weighted by Gasteiger charge is 2.41. The van der Waals surface area contributed by atoms with E-state index in [1.807, 2.05) is 32.0 Å². The summed E-state index contributed by atoms with van der Waals surface area (Å²) in [5.41, 5.74) is 2.12. The van der Waals surface area contributed by atoms with Gasteiger partial charge in [-0.15, -0.1) is 0 Å². The van der Waals surface area contributed by atoms with Crippen LogP contribution in [0.15, 0.2) is 18.2 Å². The molecule has 1 aromatic carbocycles. The molecule has 1 amide bonds. The lowest BCUT2D eigenvalue weighted by Gasteiger charge is -2.41. The predicted octanol–water partition coefficient (Wildman–Crippen LogP) is 1.77. The van der Waals surface area contributed by atoms with Crippen LogP contribution < -0.4 is 9.46 Å². The summed E-state index contributed by atoms with van der Waals surface area (Å²) in [7, 11) is -1.76. The fraction of sp³-hybridized carbons (Fsp3) is 0.650. The van der Waals surface area contributed by atoms with Gasteiger partial charge < -0.3 is 14.4 Å². The Balaban J connectivity index is 1.66. The van der Waals surface area contributed by atoms with E-state index >= 15 is 0 Å². The Kier molecular flexibility index (Phi) is 6.62. The standard InChI is InChI=1S/C20H30N2O5S/c1-14-6-9-19(15(2)11-14)27-13-20(23)22-10-4-5-17(18(22)12-26-3)21-28(24,25)16-7-8-16/h6,9,11,16-18,21H,4-5,7-8,10,12-13H2,1-3H3/t17-,18-/m0/s1. The quantitative estimate of drug-likeness (QED) is 0.706. The van der Waals surface area contributed by atoms with E-state index in [0.29, 0.717) is 31.6 Å². The molecular formula is C20H30N2O5S. The number of amides is 1. The van der Waals surface area contributed by atoms with Crippen LogP contribution >= 0.6 is 0 Å². The van der Waals surface area contributed by atoms with Crippen molar-refractivity contribution in [3.63, 3.8) is 0 Å². The average molecular weight is 411 g/mol. The molecule has 2 fully saturated rings. The number of benzene rings is 1. The van der Waals surface area contributed by atoms with Crippen molar-refractivity contribution in [2.75, 3.05) is 26.9 Å². The van der Waals surface area contributed by atoms with Crippen molar-refractivity contribution in [1.29, 1.82) is 0 Å². The van der Waals surface area contributed by atoms with Gasteiger partial charge in [-0.2, -0.15) is 0 Å². The van der Waals surface area contributed by atoms with Crippen molar-refractivity contribution in [2.24, 2.45) is 0 Å². The van der Waals surface area contributed by atoms with E-state index in [1.54, 1.807) is 12.0 Å². The molecule has 156 valence electrons. The van der Waals surface area contributed by atoms with Gasteiger partial charge in [0, 0.05) is 19.7 Å². The number of aryl methyl sites for hydroxylation is 2. The van der Waals surface area contributed by atoms with E-state index in [2.05, 4.69) is 4.72 Å². The van der Waals surface area contributed by atoms with Gasteiger partial charge in [0.25, 0.3) is 5.91 Å². The number of carbonyl (C=O) groups is 1. The maximum atomic E-state index is 12.9. The number of likely N-dealkylation sites (tertiary alicyclic amines) is 1. The number of sulfonamides is 1. The molecular weight excluding hydrogens is 380 g/mol. The minimum atomic E-state index is -3.33. The molecule has 7 nitrogen and oxygen atoms in total. The number of hydrogen-bond donors (Lipinski definition) is 1. The lowest BCUT2D eigenvalue weighted by molar-refractivity contribution is -0.139. The zero-order valence-electron chi connectivity index (χ0n) is 16.8. The lowest BCUT2D eigenvalue weighted by Crippen LogP contribution is -2.59. The van der Waals surface area contributed by atoms with E-state index in [0.717, 1.165) is 17.5 Å². The van der Waals surface area contributed by atoms with Crippen LogP contribution in [0.2, 0.25) is 0 Å². The van der Waals surface area contributed by atoms with Crippen LogP contribution in [0, 0.1) is 13.8 Å². The van der Waals surface area contributed by atoms with Crippen LogP contribution in [0.25, 0.3) is 0 Å². The summed E-state index contributed by atoms with van der Waals surface area (Å²) in [5, 5.41) is -0.283. The van der Waals surface area contributed by atoms with E-state index < -0.39 is 10.0 Å². The maximum absolute atomic E-state index is 12.9. The second-order valence-electron chi connectivity index (χ2n) is 7.78. The van der Waals surface area contributed by atoms with E-state index in [4.69, 9.17) is 9.47 Å². The molecule has 1 heterocycles. The molecule has 1 saturated heterocycles. The molecule has 8 heteroatoms. The van der Waals surface area contributed by atoms with Gasteiger partial charge in [0.05, 0.1) is 17.9 Å². The van der Waals surface area contributed by atoms with Crippen LogP contribution in [0.1, 0.15) is 36.8 Å². The smallest absolute Gasteiger partial charge is 0.260 e. The molecule has 2 aliphatic rings. The fourth-order valence-corrected chi connectivity index (χ4v) is 5.40. The number of nitrogens with one attached hydrogen (secondary N) is 1. The summed E-state index contributed by atoms with van der Waals surface area (Å²) in [6.45, 7) is 4.74. The Morgan fingerprint density at radius 3 is 2.64 bits per heavy atom. The van der Waals surface area contributed by atoms with Crippen molar-refractivity contribution >= 4 is 15.9 Å². The van der Waals surface area contributed by atoms with Crippen molar-refractivity contribution in [3.05, 3.63) is 29.3 Å². The number of hydrogen-bond acceptors (Lipinski definition) is 5. The first-order chi connectivity index (χ1) is 13.3. The van der Waals surface area contributed by atoms with Crippen molar-refractivity contribution in [1.82, 2.24) is 9.62 Å². The first-order valence-corrected chi connectivity index (χ1v) is 11.4. The highest BCUT2D eigenvalue weighted by Crippen LogP contribution is 2.29. The molecule has 1 N–H and O–H groups in total. The van der Waals surface area contributed by atoms with Crippen molar-refractivity contribution in [2.45, 2.75) is 56.9 Å². The molecule has 2 atom stereocenters. The van der Waals surface area contributed by atoms with Crippen LogP contribution in [0.4, 0.5) is 0 Å². The van der Waals surface area contributed by atoms with Crippen molar-refractivity contribution < 1.29 is 22.7 Å². The normalized spacial score (nSPS) is 22.9. The number of nitrogens with zero attached hydrogens (tertiary/aromatic N) is 1. The summed E-state index contributed by atoms with van der Waals surface area (Å²) >= 11 is 0. The van der Waals surface area contributed by atoms with Gasteiger partial charge in [0.15, 0.2) is 6.61 Å². The third-order valence-electron chi connectivity index (χ3n) is 5.40. The minimum Gasteiger partial charge on any atom is -0.484 e. The Morgan fingerprint density at radius 1 is 1.25 bits per heavy atom. The minimum absolute atomic E-state index is 0.0772. The number of methoxy groups -OCH3 is 1. The maximum Gasteiger partial charge on any atom is 0.260 e. The summed E-state index contributed by atoms with van der Waals surface area (Å²) < 4.78 is 38.6. The molecule has 0 radical (unpaired) electrons. The molecule has 0 aromatic heterocycles. The van der Waals surface area contributed by atoms with E-state index in [-0.39, 0.29) is 36.5 Å². The van der Waals surface area contributed by atoms with Gasteiger partial charge in [0.2, 0.25) is 10.0 Å². The molecule has 1 aliphatic heterocycles. The van der Waals surface area contributed by atoms with E-state index in [1.165, 1.54) is 0 Å². The van der Waals surface area contributed by atoms with Crippen LogP contribution in [0.5, 0.6) is 5.75 Å². The topological polar surface area (TPSA) is 84.9 Å². The van der Waals surface area contributed by atoms with Gasteiger partial charge >= 0.3 is 0 Å². The van der Waals surface area contributed by atoms with Gasteiger partial charge in [-0.05, 0) is 51.2 Å². The Bertz CT molecular complexity index is 807. The first-order valence-electron chi connectivity index (χ1n) is 9.81. The van der Waals surface area contributed by atoms with Crippen LogP contribution in [0.3, 0.4) is 0 Å². The number of piperidine rings is 1.